The fourth-order valence-corrected chi connectivity index (χ4v) is 2.35. The fraction of sp³-hybridized carbons (Fsp3) is 0.833. The Labute approximate surface area is 91.8 Å². The number of hydrogen-bond acceptors (Lipinski definition) is 2. The third-order valence-electron chi connectivity index (χ3n) is 3.24. The van der Waals surface area contributed by atoms with Crippen molar-refractivity contribution in [2.75, 3.05) is 13.1 Å². The number of carbonyl (C=O) groups is 2. The predicted molar refractivity (Wildman–Crippen MR) is 59.4 cm³/mol. The molecule has 1 fully saturated rings. The average Bonchev–Trinajstić information content (AvgIpc) is 2.39. The Morgan fingerprint density at radius 1 is 1.33 bits per heavy atom. The van der Waals surface area contributed by atoms with Crippen molar-refractivity contribution < 1.29 is 9.59 Å². The second kappa shape index (κ2) is 3.95. The van der Waals surface area contributed by atoms with Gasteiger partial charge in [-0.05, 0) is 12.3 Å². The first-order valence-corrected chi connectivity index (χ1v) is 5.55. The number of amides is 1. The fourth-order valence-electron chi connectivity index (χ4n) is 2.35. The molecule has 1 unspecified atom stereocenters. The maximum atomic E-state index is 11.8. The van der Waals surface area contributed by atoms with Crippen molar-refractivity contribution >= 4 is 11.7 Å². The van der Waals surface area contributed by atoms with Crippen LogP contribution in [-0.4, -0.2) is 29.7 Å². The van der Waals surface area contributed by atoms with Crippen LogP contribution in [0.15, 0.2) is 0 Å². The predicted octanol–water partition coefficient (Wildman–Crippen LogP) is 1.72. The van der Waals surface area contributed by atoms with E-state index in [2.05, 4.69) is 13.8 Å². The van der Waals surface area contributed by atoms with Crippen molar-refractivity contribution in [1.29, 1.82) is 0 Å². The maximum absolute atomic E-state index is 11.8. The Balaban J connectivity index is 2.78. The molecule has 0 aromatic heterocycles. The summed E-state index contributed by atoms with van der Waals surface area (Å²) in [7, 11) is 0. The van der Waals surface area contributed by atoms with E-state index in [0.29, 0.717) is 13.1 Å². The van der Waals surface area contributed by atoms with Crippen LogP contribution in [0.3, 0.4) is 0 Å². The summed E-state index contributed by atoms with van der Waals surface area (Å²) in [4.78, 5) is 25.1. The van der Waals surface area contributed by atoms with Gasteiger partial charge in [-0.15, -0.1) is 0 Å². The minimum absolute atomic E-state index is 0.000185. The van der Waals surface area contributed by atoms with Crippen molar-refractivity contribution in [2.24, 2.45) is 17.3 Å². The zero-order chi connectivity index (χ0) is 11.8. The van der Waals surface area contributed by atoms with E-state index in [0.717, 1.165) is 0 Å². The number of Topliss-reactive ketones (excluding diaryl/α,β-unsaturated/α-hetero) is 1. The number of hydrogen-bond donors (Lipinski definition) is 0. The molecule has 1 aliphatic heterocycles. The van der Waals surface area contributed by atoms with E-state index in [9.17, 15) is 9.59 Å². The lowest BCUT2D eigenvalue weighted by Gasteiger charge is -2.23. The molecule has 1 aliphatic rings. The molecule has 0 N–H and O–H groups in total. The molecule has 0 bridgehead atoms. The van der Waals surface area contributed by atoms with E-state index < -0.39 is 0 Å². The van der Waals surface area contributed by atoms with Crippen LogP contribution in [0.25, 0.3) is 0 Å². The third-order valence-corrected chi connectivity index (χ3v) is 3.24. The molecule has 1 rings (SSSR count). The first kappa shape index (κ1) is 12.2. The summed E-state index contributed by atoms with van der Waals surface area (Å²) < 4.78 is 0. The van der Waals surface area contributed by atoms with Crippen LogP contribution in [0.4, 0.5) is 0 Å². The van der Waals surface area contributed by atoms with Gasteiger partial charge in [-0.25, -0.2) is 0 Å². The van der Waals surface area contributed by atoms with E-state index >= 15 is 0 Å². The van der Waals surface area contributed by atoms with E-state index in [1.54, 1.807) is 6.92 Å². The molecule has 3 heteroatoms. The largest absolute Gasteiger partial charge is 0.341 e. The minimum Gasteiger partial charge on any atom is -0.341 e. The molecule has 1 atom stereocenters. The zero-order valence-corrected chi connectivity index (χ0v) is 10.3. The van der Waals surface area contributed by atoms with E-state index in [-0.39, 0.29) is 28.9 Å². The van der Waals surface area contributed by atoms with Crippen LogP contribution >= 0.6 is 0 Å². The molecule has 0 radical (unpaired) electrons. The van der Waals surface area contributed by atoms with Crippen molar-refractivity contribution in [2.45, 2.75) is 34.6 Å². The summed E-state index contributed by atoms with van der Waals surface area (Å²) in [5.74, 6) is 0.373. The third kappa shape index (κ3) is 2.39. The first-order chi connectivity index (χ1) is 6.75. The summed E-state index contributed by atoms with van der Waals surface area (Å²) in [5, 5.41) is 0. The molecule has 0 aromatic carbocycles. The summed E-state index contributed by atoms with van der Waals surface area (Å²) in [6.45, 7) is 10.8. The molecule has 3 nitrogen and oxygen atoms in total. The van der Waals surface area contributed by atoms with Gasteiger partial charge < -0.3 is 4.90 Å². The zero-order valence-electron chi connectivity index (χ0n) is 10.3. The monoisotopic (exact) mass is 211 g/mol. The maximum Gasteiger partial charge on any atom is 0.225 e. The molecule has 1 amide bonds. The molecular formula is C12H21NO2. The topological polar surface area (TPSA) is 37.4 Å². The molecule has 0 spiro atoms. The summed E-state index contributed by atoms with van der Waals surface area (Å²) in [6, 6.07) is 0. The highest BCUT2D eigenvalue weighted by Gasteiger charge is 2.43. The van der Waals surface area contributed by atoms with Crippen molar-refractivity contribution in [3.05, 3.63) is 0 Å². The van der Waals surface area contributed by atoms with Crippen LogP contribution in [0, 0.1) is 17.3 Å². The Bertz CT molecular complexity index is 281. The van der Waals surface area contributed by atoms with Gasteiger partial charge >= 0.3 is 0 Å². The van der Waals surface area contributed by atoms with Gasteiger partial charge in [0, 0.05) is 24.9 Å². The molecule has 1 heterocycles. The lowest BCUT2D eigenvalue weighted by Crippen LogP contribution is -2.33. The van der Waals surface area contributed by atoms with Gasteiger partial charge in [0.1, 0.15) is 5.78 Å². The number of ketones is 1. The van der Waals surface area contributed by atoms with Gasteiger partial charge in [-0.1, -0.05) is 27.7 Å². The van der Waals surface area contributed by atoms with E-state index in [4.69, 9.17) is 0 Å². The molecule has 1 saturated heterocycles. The highest BCUT2D eigenvalue weighted by atomic mass is 16.2. The van der Waals surface area contributed by atoms with Gasteiger partial charge in [0.2, 0.25) is 5.91 Å². The van der Waals surface area contributed by atoms with Gasteiger partial charge in [-0.2, -0.15) is 0 Å². The standard InChI is InChI=1S/C12H21NO2/c1-8(2)11(15)13-6-10(9(3)14)12(4,5)7-13/h8,10H,6-7H2,1-5H3. The van der Waals surface area contributed by atoms with Crippen molar-refractivity contribution in [1.82, 2.24) is 4.90 Å². The van der Waals surface area contributed by atoms with Gasteiger partial charge in [-0.3, -0.25) is 9.59 Å². The van der Waals surface area contributed by atoms with Crippen LogP contribution in [0.2, 0.25) is 0 Å². The normalized spacial score (nSPS) is 24.7. The minimum atomic E-state index is -0.0730. The summed E-state index contributed by atoms with van der Waals surface area (Å²) in [5.41, 5.74) is -0.0730. The molecular weight excluding hydrogens is 190 g/mol. The summed E-state index contributed by atoms with van der Waals surface area (Å²) in [6.07, 6.45) is 0. The second-order valence-electron chi connectivity index (χ2n) is 5.53. The van der Waals surface area contributed by atoms with Crippen molar-refractivity contribution in [3.8, 4) is 0 Å². The molecule has 15 heavy (non-hydrogen) atoms. The Morgan fingerprint density at radius 2 is 1.87 bits per heavy atom. The van der Waals surface area contributed by atoms with Gasteiger partial charge in [0.05, 0.1) is 0 Å². The quantitative estimate of drug-likeness (QED) is 0.697. The lowest BCUT2D eigenvalue weighted by molar-refractivity contribution is -0.133. The van der Waals surface area contributed by atoms with Crippen LogP contribution in [0.1, 0.15) is 34.6 Å². The Morgan fingerprint density at radius 3 is 2.20 bits per heavy atom. The average molecular weight is 211 g/mol. The highest BCUT2D eigenvalue weighted by Crippen LogP contribution is 2.36. The van der Waals surface area contributed by atoms with Crippen LogP contribution in [0.5, 0.6) is 0 Å². The van der Waals surface area contributed by atoms with Gasteiger partial charge in [0.25, 0.3) is 0 Å². The molecule has 86 valence electrons. The van der Waals surface area contributed by atoms with E-state index in [1.807, 2.05) is 18.7 Å². The number of rotatable bonds is 2. The highest BCUT2D eigenvalue weighted by molar-refractivity contribution is 5.83. The second-order valence-corrected chi connectivity index (χ2v) is 5.53. The molecule has 0 aromatic rings. The Hall–Kier alpha value is -0.860. The Kier molecular flexibility index (Phi) is 3.22. The van der Waals surface area contributed by atoms with Gasteiger partial charge in [0.15, 0.2) is 0 Å². The van der Waals surface area contributed by atoms with Crippen molar-refractivity contribution in [3.63, 3.8) is 0 Å². The van der Waals surface area contributed by atoms with E-state index in [1.165, 1.54) is 0 Å². The molecule has 0 saturated carbocycles. The van der Waals surface area contributed by atoms with Crippen LogP contribution in [-0.2, 0) is 9.59 Å². The number of likely N-dealkylation sites (tertiary alicyclic amines) is 1. The molecule has 0 aliphatic carbocycles. The first-order valence-electron chi connectivity index (χ1n) is 5.55. The number of nitrogens with zero attached hydrogens (tertiary/aromatic N) is 1. The van der Waals surface area contributed by atoms with Crippen LogP contribution < -0.4 is 0 Å². The number of carbonyl (C=O) groups excluding carboxylic acids is 2. The lowest BCUT2D eigenvalue weighted by atomic mass is 9.80. The SMILES string of the molecule is CC(=O)C1CN(C(=O)C(C)C)CC1(C)C. The smallest absolute Gasteiger partial charge is 0.225 e. The summed E-state index contributed by atoms with van der Waals surface area (Å²) >= 11 is 0.